The Morgan fingerprint density at radius 1 is 0.722 bits per heavy atom. The van der Waals surface area contributed by atoms with Crippen molar-refractivity contribution in [3.05, 3.63) is 43.3 Å². The van der Waals surface area contributed by atoms with Crippen molar-refractivity contribution in [2.45, 2.75) is 0 Å². The number of rotatable bonds is 0. The summed E-state index contributed by atoms with van der Waals surface area (Å²) in [7, 11) is 0. The van der Waals surface area contributed by atoms with Crippen molar-refractivity contribution in [1.29, 1.82) is 0 Å². The fourth-order valence-corrected chi connectivity index (χ4v) is 2.71. The Hall–Kier alpha value is -0.420. The zero-order valence-corrected chi connectivity index (χ0v) is 13.3. The van der Waals surface area contributed by atoms with Crippen LogP contribution in [0.25, 0.3) is 0 Å². The molecular formula is C12H4Br2Cl2O2. The molecule has 0 bridgehead atoms. The Morgan fingerprint density at radius 2 is 1.17 bits per heavy atom. The zero-order chi connectivity index (χ0) is 12.9. The van der Waals surface area contributed by atoms with Gasteiger partial charge in [0.15, 0.2) is 23.0 Å². The van der Waals surface area contributed by atoms with E-state index >= 15 is 0 Å². The lowest BCUT2D eigenvalue weighted by Gasteiger charge is -2.23. The molecule has 6 heteroatoms. The molecule has 0 saturated heterocycles. The summed E-state index contributed by atoms with van der Waals surface area (Å²) in [5, 5.41) is 1.11. The molecule has 1 heterocycles. The molecule has 3 rings (SSSR count). The van der Waals surface area contributed by atoms with Crippen molar-refractivity contribution >= 4 is 55.1 Å². The van der Waals surface area contributed by atoms with Gasteiger partial charge in [-0.2, -0.15) is 0 Å². The van der Waals surface area contributed by atoms with E-state index in [1.165, 1.54) is 0 Å². The van der Waals surface area contributed by atoms with Gasteiger partial charge in [0, 0.05) is 0 Å². The van der Waals surface area contributed by atoms with Gasteiger partial charge in [-0.1, -0.05) is 23.2 Å². The predicted octanol–water partition coefficient (Wildman–Crippen LogP) is 6.42. The second-order valence-corrected chi connectivity index (χ2v) is 5.98. The Labute approximate surface area is 130 Å². The molecule has 2 aromatic rings. The molecule has 18 heavy (non-hydrogen) atoms. The van der Waals surface area contributed by atoms with E-state index < -0.39 is 0 Å². The van der Waals surface area contributed by atoms with E-state index in [0.717, 1.165) is 0 Å². The third-order valence-electron chi connectivity index (χ3n) is 2.45. The molecule has 0 aliphatic carbocycles. The van der Waals surface area contributed by atoms with Crippen LogP contribution in [0.5, 0.6) is 23.0 Å². The van der Waals surface area contributed by atoms with Gasteiger partial charge in [0.2, 0.25) is 0 Å². The first-order chi connectivity index (χ1) is 8.58. The lowest BCUT2D eigenvalue weighted by atomic mass is 10.2. The maximum absolute atomic E-state index is 6.02. The monoisotopic (exact) mass is 408 g/mol. The molecule has 0 fully saturated rings. The van der Waals surface area contributed by atoms with Crippen LogP contribution < -0.4 is 9.47 Å². The number of fused-ring (bicyclic) bond motifs is 2. The summed E-state index contributed by atoms with van der Waals surface area (Å²) < 4.78 is 12.9. The minimum absolute atomic E-state index is 0.540. The lowest BCUT2D eigenvalue weighted by Crippen LogP contribution is -2.00. The highest BCUT2D eigenvalue weighted by Gasteiger charge is 2.25. The molecule has 0 unspecified atom stereocenters. The van der Waals surface area contributed by atoms with E-state index in [9.17, 15) is 0 Å². The van der Waals surface area contributed by atoms with Crippen LogP contribution in [0.2, 0.25) is 10.0 Å². The summed E-state index contributed by atoms with van der Waals surface area (Å²) in [5.41, 5.74) is 0. The normalized spacial score (nSPS) is 12.2. The second kappa shape index (κ2) is 4.60. The maximum atomic E-state index is 6.02. The van der Waals surface area contributed by atoms with Crippen molar-refractivity contribution in [2.75, 3.05) is 0 Å². The molecule has 2 aromatic carbocycles. The molecule has 1 aliphatic rings. The Kier molecular flexibility index (Phi) is 3.22. The van der Waals surface area contributed by atoms with E-state index in [-0.39, 0.29) is 0 Å². The van der Waals surface area contributed by atoms with Crippen molar-refractivity contribution in [3.63, 3.8) is 0 Å². The van der Waals surface area contributed by atoms with E-state index in [2.05, 4.69) is 31.9 Å². The van der Waals surface area contributed by atoms with Gasteiger partial charge in [-0.05, 0) is 56.1 Å². The molecule has 0 N–H and O–H groups in total. The molecular weight excluding hydrogens is 407 g/mol. The van der Waals surface area contributed by atoms with Gasteiger partial charge in [-0.25, -0.2) is 0 Å². The van der Waals surface area contributed by atoms with Gasteiger partial charge >= 0.3 is 0 Å². The number of hydrogen-bond donors (Lipinski definition) is 0. The van der Waals surface area contributed by atoms with Crippen LogP contribution in [-0.2, 0) is 0 Å². The van der Waals surface area contributed by atoms with E-state index in [0.29, 0.717) is 42.0 Å². The smallest absolute Gasteiger partial charge is 0.185 e. The molecule has 92 valence electrons. The highest BCUT2D eigenvalue weighted by Crippen LogP contribution is 2.53. The minimum Gasteiger partial charge on any atom is -0.449 e. The predicted molar refractivity (Wildman–Crippen MR) is 78.5 cm³/mol. The molecule has 0 spiro atoms. The number of halogens is 4. The summed E-state index contributed by atoms with van der Waals surface area (Å²) in [6.07, 6.45) is 0. The van der Waals surface area contributed by atoms with Crippen LogP contribution in [0.3, 0.4) is 0 Å². The number of benzene rings is 2. The Balaban J connectivity index is 2.19. The largest absolute Gasteiger partial charge is 0.449 e. The molecule has 0 saturated carbocycles. The first-order valence-electron chi connectivity index (χ1n) is 4.89. The Bertz CT molecular complexity index is 604. The highest BCUT2D eigenvalue weighted by molar-refractivity contribution is 9.11. The lowest BCUT2D eigenvalue weighted by molar-refractivity contribution is 0.356. The van der Waals surface area contributed by atoms with E-state index in [1.807, 2.05) is 0 Å². The van der Waals surface area contributed by atoms with Gasteiger partial charge in [0.25, 0.3) is 0 Å². The average molecular weight is 411 g/mol. The van der Waals surface area contributed by atoms with Gasteiger partial charge in [-0.3, -0.25) is 0 Å². The number of hydrogen-bond acceptors (Lipinski definition) is 2. The first-order valence-corrected chi connectivity index (χ1v) is 7.24. The first kappa shape index (κ1) is 12.6. The molecule has 0 amide bonds. The van der Waals surface area contributed by atoms with E-state index in [1.54, 1.807) is 24.3 Å². The zero-order valence-electron chi connectivity index (χ0n) is 8.64. The van der Waals surface area contributed by atoms with Gasteiger partial charge < -0.3 is 9.47 Å². The fourth-order valence-electron chi connectivity index (χ4n) is 1.60. The van der Waals surface area contributed by atoms with Crippen molar-refractivity contribution < 1.29 is 9.47 Å². The number of ether oxygens (including phenoxy) is 2. The van der Waals surface area contributed by atoms with Crippen molar-refractivity contribution in [1.82, 2.24) is 0 Å². The molecule has 2 nitrogen and oxygen atoms in total. The average Bonchev–Trinajstić information content (AvgIpc) is 2.37. The van der Waals surface area contributed by atoms with Gasteiger partial charge in [-0.15, -0.1) is 0 Å². The molecule has 0 aromatic heterocycles. The summed E-state index contributed by atoms with van der Waals surface area (Å²) in [5.74, 6) is 2.29. The van der Waals surface area contributed by atoms with Crippen molar-refractivity contribution in [3.8, 4) is 23.0 Å². The van der Waals surface area contributed by atoms with Crippen LogP contribution in [0.4, 0.5) is 0 Å². The maximum Gasteiger partial charge on any atom is 0.185 e. The topological polar surface area (TPSA) is 18.5 Å². The summed E-state index contributed by atoms with van der Waals surface area (Å²) in [6.45, 7) is 0. The molecule has 0 radical (unpaired) electrons. The second-order valence-electron chi connectivity index (χ2n) is 3.58. The van der Waals surface area contributed by atoms with Crippen LogP contribution in [0.1, 0.15) is 0 Å². The third kappa shape index (κ3) is 1.92. The van der Waals surface area contributed by atoms with Crippen LogP contribution >= 0.6 is 55.1 Å². The fraction of sp³-hybridized carbons (Fsp3) is 0. The van der Waals surface area contributed by atoms with Gasteiger partial charge in [0.05, 0.1) is 19.0 Å². The van der Waals surface area contributed by atoms with Crippen LogP contribution in [0.15, 0.2) is 33.2 Å². The minimum atomic E-state index is 0.540. The van der Waals surface area contributed by atoms with E-state index in [4.69, 9.17) is 32.7 Å². The van der Waals surface area contributed by atoms with Gasteiger partial charge in [0.1, 0.15) is 0 Å². The van der Waals surface area contributed by atoms with Crippen LogP contribution in [-0.4, -0.2) is 0 Å². The standard InChI is InChI=1S/C12H4Br2Cl2O2/c13-9-5(15)1-3-7-11(9)18-12-8(17-7)4-2-6(16)10(12)14/h1-4H. The Morgan fingerprint density at radius 3 is 1.61 bits per heavy atom. The highest BCUT2D eigenvalue weighted by atomic mass is 79.9. The third-order valence-corrected chi connectivity index (χ3v) is 5.11. The van der Waals surface area contributed by atoms with Crippen molar-refractivity contribution in [2.24, 2.45) is 0 Å². The quantitative estimate of drug-likeness (QED) is 0.426. The SMILES string of the molecule is Clc1ccc2c(c1Br)Oc1c(ccc(Cl)c1Br)O2. The summed E-state index contributed by atoms with van der Waals surface area (Å²) in [4.78, 5) is 0. The summed E-state index contributed by atoms with van der Waals surface area (Å²) >= 11 is 18.8. The molecule has 0 atom stereocenters. The van der Waals surface area contributed by atoms with Crippen LogP contribution in [0, 0.1) is 0 Å². The molecule has 1 aliphatic heterocycles. The summed E-state index contributed by atoms with van der Waals surface area (Å²) in [6, 6.07) is 7.00.